The highest BCUT2D eigenvalue weighted by molar-refractivity contribution is 6.47. The SMILES string of the molecule is O=C(CN1C(=O)C(c2ccc(Cl)cc2)=NC12CCCCC2)c1ccc(Cl)c(-c2ccccn2)c1. The van der Waals surface area contributed by atoms with Crippen LogP contribution in [0.15, 0.2) is 71.9 Å². The topological polar surface area (TPSA) is 62.6 Å². The van der Waals surface area contributed by atoms with Gasteiger partial charge >= 0.3 is 0 Å². The van der Waals surface area contributed by atoms with Crippen LogP contribution in [0.1, 0.15) is 48.0 Å². The molecule has 0 unspecified atom stereocenters. The lowest BCUT2D eigenvalue weighted by Crippen LogP contribution is -2.50. The summed E-state index contributed by atoms with van der Waals surface area (Å²) in [6.45, 7) is -0.0390. The van der Waals surface area contributed by atoms with Gasteiger partial charge in [0.2, 0.25) is 0 Å². The van der Waals surface area contributed by atoms with Crippen molar-refractivity contribution in [2.24, 2.45) is 4.99 Å². The van der Waals surface area contributed by atoms with Gasteiger partial charge in [0, 0.05) is 27.9 Å². The van der Waals surface area contributed by atoms with Crippen LogP contribution in [0.3, 0.4) is 0 Å². The molecule has 5 nitrogen and oxygen atoms in total. The van der Waals surface area contributed by atoms with E-state index in [-0.39, 0.29) is 18.2 Å². The van der Waals surface area contributed by atoms with Gasteiger partial charge in [0.05, 0.1) is 17.3 Å². The number of halogens is 2. The summed E-state index contributed by atoms with van der Waals surface area (Å²) in [6.07, 6.45) is 6.24. The molecular formula is C27H23Cl2N3O2. The molecule has 0 radical (unpaired) electrons. The van der Waals surface area contributed by atoms with Gasteiger partial charge in [0.1, 0.15) is 11.4 Å². The Bertz CT molecular complexity index is 1270. The van der Waals surface area contributed by atoms with Gasteiger partial charge in [-0.05, 0) is 68.1 Å². The lowest BCUT2D eigenvalue weighted by Gasteiger charge is -2.38. The number of aromatic nitrogens is 1. The normalized spacial score (nSPS) is 17.2. The number of rotatable bonds is 5. The van der Waals surface area contributed by atoms with Crippen molar-refractivity contribution in [1.29, 1.82) is 0 Å². The van der Waals surface area contributed by atoms with Crippen molar-refractivity contribution in [1.82, 2.24) is 9.88 Å². The Hall–Kier alpha value is -3.02. The van der Waals surface area contributed by atoms with Crippen LogP contribution in [0.4, 0.5) is 0 Å². The Morgan fingerprint density at radius 2 is 1.74 bits per heavy atom. The number of amides is 1. The molecule has 1 saturated carbocycles. The summed E-state index contributed by atoms with van der Waals surface area (Å²) in [6, 6.07) is 17.8. The molecule has 172 valence electrons. The van der Waals surface area contributed by atoms with Crippen LogP contribution in [-0.4, -0.2) is 39.5 Å². The Balaban J connectivity index is 1.46. The van der Waals surface area contributed by atoms with E-state index in [1.807, 2.05) is 18.2 Å². The van der Waals surface area contributed by atoms with Crippen LogP contribution in [0.25, 0.3) is 11.3 Å². The zero-order valence-electron chi connectivity index (χ0n) is 18.5. The average molecular weight is 492 g/mol. The fourth-order valence-electron chi connectivity index (χ4n) is 4.80. The summed E-state index contributed by atoms with van der Waals surface area (Å²) in [5.74, 6) is -0.365. The van der Waals surface area contributed by atoms with Crippen LogP contribution >= 0.6 is 23.2 Å². The number of hydrogen-bond acceptors (Lipinski definition) is 4. The van der Waals surface area contributed by atoms with E-state index in [0.29, 0.717) is 32.6 Å². The molecule has 2 aliphatic rings. The maximum atomic E-state index is 13.6. The Morgan fingerprint density at radius 3 is 2.44 bits per heavy atom. The first kappa shape index (κ1) is 22.8. The number of hydrogen-bond donors (Lipinski definition) is 0. The van der Waals surface area contributed by atoms with Crippen molar-refractivity contribution >= 4 is 40.6 Å². The second-order valence-corrected chi connectivity index (χ2v) is 9.58. The van der Waals surface area contributed by atoms with Crippen LogP contribution in [0.5, 0.6) is 0 Å². The fourth-order valence-corrected chi connectivity index (χ4v) is 5.14. The van der Waals surface area contributed by atoms with Gasteiger partial charge in [-0.3, -0.25) is 19.6 Å². The number of nitrogens with zero attached hydrogens (tertiary/aromatic N) is 3. The third-order valence-electron chi connectivity index (χ3n) is 6.57. The van der Waals surface area contributed by atoms with Crippen molar-refractivity contribution in [2.45, 2.75) is 37.8 Å². The highest BCUT2D eigenvalue weighted by atomic mass is 35.5. The molecule has 3 aromatic rings. The largest absolute Gasteiger partial charge is 0.305 e. The average Bonchev–Trinajstić information content (AvgIpc) is 3.11. The summed E-state index contributed by atoms with van der Waals surface area (Å²) in [7, 11) is 0. The third kappa shape index (κ3) is 4.26. The van der Waals surface area contributed by atoms with Crippen molar-refractivity contribution in [2.75, 3.05) is 6.54 Å². The quantitative estimate of drug-likeness (QED) is 0.397. The molecular weight excluding hydrogens is 469 g/mol. The number of benzene rings is 2. The molecule has 0 atom stereocenters. The Labute approximate surface area is 208 Å². The Kier molecular flexibility index (Phi) is 6.24. The van der Waals surface area contributed by atoms with E-state index >= 15 is 0 Å². The molecule has 1 spiro atoms. The second-order valence-electron chi connectivity index (χ2n) is 8.73. The van der Waals surface area contributed by atoms with E-state index < -0.39 is 5.66 Å². The van der Waals surface area contributed by atoms with Crippen molar-refractivity contribution in [3.05, 3.63) is 88.0 Å². The summed E-state index contributed by atoms with van der Waals surface area (Å²) in [5.41, 5.74) is 2.32. The summed E-state index contributed by atoms with van der Waals surface area (Å²) in [5, 5.41) is 1.12. The predicted octanol–water partition coefficient (Wildman–Crippen LogP) is 6.23. The molecule has 0 N–H and O–H groups in total. The molecule has 2 heterocycles. The van der Waals surface area contributed by atoms with Crippen molar-refractivity contribution in [3.8, 4) is 11.3 Å². The van der Waals surface area contributed by atoms with E-state index in [0.717, 1.165) is 37.7 Å². The zero-order chi connectivity index (χ0) is 23.7. The number of aliphatic imine (C=N–C) groups is 1. The lowest BCUT2D eigenvalue weighted by molar-refractivity contribution is -0.128. The first-order chi connectivity index (χ1) is 16.5. The standard InChI is InChI=1S/C27H23Cl2N3O2/c28-20-10-7-18(8-11-20)25-26(34)32(27(31-25)13-3-1-4-14-27)17-24(33)19-9-12-22(29)21(16-19)23-6-2-5-15-30-23/h2,5-12,15-16H,1,3-4,13-14,17H2. The first-order valence-corrected chi connectivity index (χ1v) is 12.1. The minimum Gasteiger partial charge on any atom is -0.305 e. The van der Waals surface area contributed by atoms with E-state index in [1.54, 1.807) is 53.6 Å². The van der Waals surface area contributed by atoms with Crippen LogP contribution in [0, 0.1) is 0 Å². The van der Waals surface area contributed by atoms with Crippen LogP contribution < -0.4 is 0 Å². The fraction of sp³-hybridized carbons (Fsp3) is 0.259. The lowest BCUT2D eigenvalue weighted by atomic mass is 9.88. The molecule has 1 aromatic heterocycles. The van der Waals surface area contributed by atoms with Gasteiger partial charge in [0.25, 0.3) is 5.91 Å². The molecule has 5 rings (SSSR count). The number of Topliss-reactive ketones (excluding diaryl/α,β-unsaturated/α-hetero) is 1. The van der Waals surface area contributed by atoms with Gasteiger partial charge < -0.3 is 4.90 Å². The van der Waals surface area contributed by atoms with Crippen molar-refractivity contribution in [3.63, 3.8) is 0 Å². The second kappa shape index (κ2) is 9.32. The van der Waals surface area contributed by atoms with Gasteiger partial charge in [-0.15, -0.1) is 0 Å². The maximum absolute atomic E-state index is 13.6. The molecule has 1 aliphatic heterocycles. The van der Waals surface area contributed by atoms with Gasteiger partial charge in [0.15, 0.2) is 5.78 Å². The first-order valence-electron chi connectivity index (χ1n) is 11.4. The number of ketones is 1. The predicted molar refractivity (Wildman–Crippen MR) is 135 cm³/mol. The minimum absolute atomic E-state index is 0.0390. The van der Waals surface area contributed by atoms with Gasteiger partial charge in [-0.25, -0.2) is 0 Å². The maximum Gasteiger partial charge on any atom is 0.275 e. The van der Waals surface area contributed by atoms with E-state index in [4.69, 9.17) is 28.2 Å². The molecule has 1 amide bonds. The third-order valence-corrected chi connectivity index (χ3v) is 7.15. The van der Waals surface area contributed by atoms with E-state index in [9.17, 15) is 9.59 Å². The molecule has 0 bridgehead atoms. The highest BCUT2D eigenvalue weighted by Crippen LogP contribution is 2.40. The molecule has 2 aromatic carbocycles. The summed E-state index contributed by atoms with van der Waals surface area (Å²) < 4.78 is 0. The monoisotopic (exact) mass is 491 g/mol. The highest BCUT2D eigenvalue weighted by Gasteiger charge is 2.48. The van der Waals surface area contributed by atoms with E-state index in [1.165, 1.54) is 0 Å². The number of carbonyl (C=O) groups excluding carboxylic acids is 2. The molecule has 1 fully saturated rings. The molecule has 7 heteroatoms. The minimum atomic E-state index is -0.670. The summed E-state index contributed by atoms with van der Waals surface area (Å²) in [4.78, 5) is 37.9. The number of carbonyl (C=O) groups is 2. The Morgan fingerprint density at radius 1 is 0.971 bits per heavy atom. The van der Waals surface area contributed by atoms with E-state index in [2.05, 4.69) is 4.98 Å². The van der Waals surface area contributed by atoms with Crippen molar-refractivity contribution < 1.29 is 9.59 Å². The van der Waals surface area contributed by atoms with Gasteiger partial charge in [-0.1, -0.05) is 47.8 Å². The molecule has 1 aliphatic carbocycles. The molecule has 0 saturated heterocycles. The smallest absolute Gasteiger partial charge is 0.275 e. The number of pyridine rings is 1. The van der Waals surface area contributed by atoms with Crippen LogP contribution in [0.2, 0.25) is 10.0 Å². The van der Waals surface area contributed by atoms with Crippen LogP contribution in [-0.2, 0) is 4.79 Å². The molecule has 34 heavy (non-hydrogen) atoms. The van der Waals surface area contributed by atoms with Gasteiger partial charge in [-0.2, -0.15) is 0 Å². The summed E-state index contributed by atoms with van der Waals surface area (Å²) >= 11 is 12.4. The zero-order valence-corrected chi connectivity index (χ0v) is 20.0.